The molecule has 0 amide bonds. The lowest BCUT2D eigenvalue weighted by Crippen LogP contribution is -2.23. The normalized spacial score (nSPS) is 10.3. The highest BCUT2D eigenvalue weighted by molar-refractivity contribution is 5.39. The molecular weight excluding hydrogens is 206 g/mol. The molecule has 0 saturated carbocycles. The topological polar surface area (TPSA) is 70.0 Å². The summed E-state index contributed by atoms with van der Waals surface area (Å²) in [5, 5.41) is 0. The molecule has 0 unspecified atom stereocenters. The van der Waals surface area contributed by atoms with Crippen LogP contribution < -0.4 is 16.9 Å². The first-order valence-electron chi connectivity index (χ1n) is 4.74. The van der Waals surface area contributed by atoms with E-state index in [1.807, 2.05) is 0 Å². The first kappa shape index (κ1) is 10.2. The Balaban J connectivity index is 2.68. The van der Waals surface area contributed by atoms with Crippen LogP contribution in [0.1, 0.15) is 0 Å². The maximum absolute atomic E-state index is 11.7. The summed E-state index contributed by atoms with van der Waals surface area (Å²) in [6.45, 7) is 0. The second kappa shape index (κ2) is 3.69. The zero-order chi connectivity index (χ0) is 11.7. The molecule has 82 valence electrons. The van der Waals surface area contributed by atoms with Crippen LogP contribution in [0.3, 0.4) is 0 Å². The highest BCUT2D eigenvalue weighted by Gasteiger charge is 2.02. The van der Waals surface area contributed by atoms with Crippen LogP contribution in [0.5, 0.6) is 0 Å². The SMILES string of the molecule is Cn1ccc(-n2cccc(N)c2=O)cc1=O. The minimum absolute atomic E-state index is 0.156. The summed E-state index contributed by atoms with van der Waals surface area (Å²) in [6.07, 6.45) is 3.18. The van der Waals surface area contributed by atoms with E-state index >= 15 is 0 Å². The van der Waals surface area contributed by atoms with Crippen LogP contribution in [-0.4, -0.2) is 9.13 Å². The van der Waals surface area contributed by atoms with Crippen LogP contribution in [0.2, 0.25) is 0 Å². The van der Waals surface area contributed by atoms with Crippen molar-refractivity contribution in [1.29, 1.82) is 0 Å². The number of aromatic nitrogens is 2. The van der Waals surface area contributed by atoms with Crippen LogP contribution in [0.15, 0.2) is 46.2 Å². The van der Waals surface area contributed by atoms with Crippen LogP contribution in [-0.2, 0) is 7.05 Å². The molecule has 2 heterocycles. The fourth-order valence-corrected chi connectivity index (χ4v) is 1.40. The molecule has 2 rings (SSSR count). The third kappa shape index (κ3) is 1.63. The molecule has 0 bridgehead atoms. The Kier molecular flexibility index (Phi) is 2.36. The molecule has 0 fully saturated rings. The molecule has 16 heavy (non-hydrogen) atoms. The number of nitrogens with two attached hydrogens (primary N) is 1. The average Bonchev–Trinajstić information content (AvgIpc) is 2.26. The van der Waals surface area contributed by atoms with E-state index in [1.54, 1.807) is 31.6 Å². The molecule has 0 aromatic carbocycles. The van der Waals surface area contributed by atoms with Crippen molar-refractivity contribution in [2.75, 3.05) is 5.73 Å². The summed E-state index contributed by atoms with van der Waals surface area (Å²) in [7, 11) is 1.65. The summed E-state index contributed by atoms with van der Waals surface area (Å²) >= 11 is 0. The van der Waals surface area contributed by atoms with E-state index in [0.29, 0.717) is 5.69 Å². The number of hydrogen-bond acceptors (Lipinski definition) is 3. The van der Waals surface area contributed by atoms with Gasteiger partial charge in [0.2, 0.25) is 0 Å². The zero-order valence-corrected chi connectivity index (χ0v) is 8.75. The maximum Gasteiger partial charge on any atom is 0.278 e. The van der Waals surface area contributed by atoms with Crippen molar-refractivity contribution in [3.63, 3.8) is 0 Å². The fourth-order valence-electron chi connectivity index (χ4n) is 1.40. The van der Waals surface area contributed by atoms with Crippen molar-refractivity contribution in [2.45, 2.75) is 0 Å². The lowest BCUT2D eigenvalue weighted by atomic mass is 10.3. The van der Waals surface area contributed by atoms with Gasteiger partial charge in [0.25, 0.3) is 11.1 Å². The number of pyridine rings is 2. The summed E-state index contributed by atoms with van der Waals surface area (Å²) in [4.78, 5) is 23.1. The summed E-state index contributed by atoms with van der Waals surface area (Å²) in [5.41, 5.74) is 5.68. The molecular formula is C11H11N3O2. The van der Waals surface area contributed by atoms with Gasteiger partial charge in [-0.25, -0.2) is 0 Å². The van der Waals surface area contributed by atoms with E-state index < -0.39 is 0 Å². The molecule has 0 spiro atoms. The summed E-state index contributed by atoms with van der Waals surface area (Å²) in [6, 6.07) is 6.26. The Morgan fingerprint density at radius 1 is 1.19 bits per heavy atom. The van der Waals surface area contributed by atoms with Gasteiger partial charge in [0.15, 0.2) is 0 Å². The van der Waals surface area contributed by atoms with E-state index in [2.05, 4.69) is 0 Å². The predicted molar refractivity (Wildman–Crippen MR) is 61.7 cm³/mol. The Hall–Kier alpha value is -2.30. The molecule has 5 heteroatoms. The second-order valence-corrected chi connectivity index (χ2v) is 3.47. The molecule has 0 saturated heterocycles. The number of hydrogen-bond donors (Lipinski definition) is 1. The monoisotopic (exact) mass is 217 g/mol. The molecule has 0 aliphatic carbocycles. The Morgan fingerprint density at radius 2 is 1.94 bits per heavy atom. The van der Waals surface area contributed by atoms with Crippen LogP contribution in [0.25, 0.3) is 5.69 Å². The Bertz CT molecular complexity index is 640. The Labute approximate surface area is 91.4 Å². The molecule has 0 atom stereocenters. The van der Waals surface area contributed by atoms with Crippen molar-refractivity contribution < 1.29 is 0 Å². The van der Waals surface area contributed by atoms with Crippen molar-refractivity contribution in [2.24, 2.45) is 7.05 Å². The first-order chi connectivity index (χ1) is 7.59. The summed E-state index contributed by atoms with van der Waals surface area (Å²) < 4.78 is 2.78. The van der Waals surface area contributed by atoms with Crippen molar-refractivity contribution in [1.82, 2.24) is 9.13 Å². The highest BCUT2D eigenvalue weighted by atomic mass is 16.1. The smallest absolute Gasteiger partial charge is 0.278 e. The van der Waals surface area contributed by atoms with Gasteiger partial charge in [0.05, 0.1) is 11.4 Å². The van der Waals surface area contributed by atoms with E-state index in [0.717, 1.165) is 0 Å². The van der Waals surface area contributed by atoms with Gasteiger partial charge in [-0.05, 0) is 18.2 Å². The van der Waals surface area contributed by atoms with Crippen molar-refractivity contribution >= 4 is 5.69 Å². The largest absolute Gasteiger partial charge is 0.394 e. The van der Waals surface area contributed by atoms with Crippen LogP contribution >= 0.6 is 0 Å². The molecule has 2 aromatic heterocycles. The number of anilines is 1. The van der Waals surface area contributed by atoms with E-state index in [1.165, 1.54) is 21.3 Å². The van der Waals surface area contributed by atoms with Crippen molar-refractivity contribution in [3.05, 3.63) is 57.4 Å². The number of nitrogens with zero attached hydrogens (tertiary/aromatic N) is 2. The molecule has 0 aliphatic rings. The zero-order valence-electron chi connectivity index (χ0n) is 8.75. The third-order valence-corrected chi connectivity index (χ3v) is 2.34. The highest BCUT2D eigenvalue weighted by Crippen LogP contribution is 2.02. The molecule has 2 aromatic rings. The maximum atomic E-state index is 11.7. The van der Waals surface area contributed by atoms with Gasteiger partial charge in [-0.2, -0.15) is 0 Å². The number of aryl methyl sites for hydroxylation is 1. The predicted octanol–water partition coefficient (Wildman–Crippen LogP) is 0.118. The summed E-state index contributed by atoms with van der Waals surface area (Å²) in [5.74, 6) is 0. The second-order valence-electron chi connectivity index (χ2n) is 3.47. The van der Waals surface area contributed by atoms with Gasteiger partial charge in [-0.15, -0.1) is 0 Å². The molecule has 0 aliphatic heterocycles. The van der Waals surface area contributed by atoms with Crippen LogP contribution in [0.4, 0.5) is 5.69 Å². The average molecular weight is 217 g/mol. The standard InChI is InChI=1S/C11H11N3O2/c1-13-6-4-8(7-10(13)15)14-5-2-3-9(12)11(14)16/h2-7H,12H2,1H3. The van der Waals surface area contributed by atoms with Crippen LogP contribution in [0, 0.1) is 0 Å². The lowest BCUT2D eigenvalue weighted by Gasteiger charge is -2.06. The van der Waals surface area contributed by atoms with Crippen molar-refractivity contribution in [3.8, 4) is 5.69 Å². The third-order valence-electron chi connectivity index (χ3n) is 2.34. The van der Waals surface area contributed by atoms with Gasteiger partial charge in [-0.1, -0.05) is 0 Å². The molecule has 2 N–H and O–H groups in total. The van der Waals surface area contributed by atoms with E-state index in [-0.39, 0.29) is 16.8 Å². The van der Waals surface area contributed by atoms with Gasteiger partial charge < -0.3 is 10.3 Å². The molecule has 5 nitrogen and oxygen atoms in total. The van der Waals surface area contributed by atoms with Gasteiger partial charge >= 0.3 is 0 Å². The minimum Gasteiger partial charge on any atom is -0.394 e. The minimum atomic E-state index is -0.323. The number of nitrogen functional groups attached to an aromatic ring is 1. The van der Waals surface area contributed by atoms with E-state index in [9.17, 15) is 9.59 Å². The Morgan fingerprint density at radius 3 is 2.62 bits per heavy atom. The van der Waals surface area contributed by atoms with Gasteiger partial charge in [0.1, 0.15) is 0 Å². The first-order valence-corrected chi connectivity index (χ1v) is 4.74. The molecule has 0 radical (unpaired) electrons. The quantitative estimate of drug-likeness (QED) is 0.737. The number of rotatable bonds is 1. The van der Waals surface area contributed by atoms with E-state index in [4.69, 9.17) is 5.73 Å². The van der Waals surface area contributed by atoms with Gasteiger partial charge in [-0.3, -0.25) is 14.2 Å². The fraction of sp³-hybridized carbons (Fsp3) is 0.0909. The van der Waals surface area contributed by atoms with Gasteiger partial charge in [0, 0.05) is 25.5 Å². The lowest BCUT2D eigenvalue weighted by molar-refractivity contribution is 0.847.